The summed E-state index contributed by atoms with van der Waals surface area (Å²) in [5.74, 6) is 0.686. The van der Waals surface area contributed by atoms with Crippen molar-refractivity contribution < 1.29 is 4.74 Å². The number of nitrogens with one attached hydrogen (secondary N) is 1. The maximum Gasteiger partial charge on any atom is 0.224 e. The fourth-order valence-corrected chi connectivity index (χ4v) is 2.64. The summed E-state index contributed by atoms with van der Waals surface area (Å²) < 4.78 is 5.33. The molecule has 0 spiro atoms. The zero-order valence-corrected chi connectivity index (χ0v) is 11.1. The van der Waals surface area contributed by atoms with E-state index in [1.54, 1.807) is 7.11 Å². The summed E-state index contributed by atoms with van der Waals surface area (Å²) in [4.78, 5) is 8.19. The minimum absolute atomic E-state index is 0.167. The highest BCUT2D eigenvalue weighted by molar-refractivity contribution is 5.49. The monoisotopic (exact) mass is 261 g/mol. The van der Waals surface area contributed by atoms with Crippen molar-refractivity contribution in [2.45, 2.75) is 25.7 Å². The van der Waals surface area contributed by atoms with Gasteiger partial charge in [0.1, 0.15) is 17.5 Å². The summed E-state index contributed by atoms with van der Waals surface area (Å²) in [6.45, 7) is 1.51. The number of rotatable bonds is 5. The Labute approximate surface area is 113 Å². The van der Waals surface area contributed by atoms with E-state index < -0.39 is 0 Å². The van der Waals surface area contributed by atoms with Crippen LogP contribution in [0.2, 0.25) is 0 Å². The molecule has 0 aromatic carbocycles. The third-order valence-corrected chi connectivity index (χ3v) is 3.67. The van der Waals surface area contributed by atoms with Crippen molar-refractivity contribution in [3.05, 3.63) is 11.8 Å². The van der Waals surface area contributed by atoms with Gasteiger partial charge in [-0.05, 0) is 12.8 Å². The molecule has 0 saturated heterocycles. The molecule has 3 N–H and O–H groups in total. The topological polar surface area (TPSA) is 96.8 Å². The lowest BCUT2D eigenvalue weighted by molar-refractivity contribution is 0.0922. The van der Waals surface area contributed by atoms with Crippen LogP contribution in [0.4, 0.5) is 11.8 Å². The number of nitrogen functional groups attached to an aromatic ring is 1. The van der Waals surface area contributed by atoms with Gasteiger partial charge in [0, 0.05) is 19.1 Å². The Kier molecular flexibility index (Phi) is 4.17. The summed E-state index contributed by atoms with van der Waals surface area (Å²) in [6.07, 6.45) is 6.23. The minimum Gasteiger partial charge on any atom is -0.384 e. The van der Waals surface area contributed by atoms with Gasteiger partial charge in [-0.25, -0.2) is 4.98 Å². The zero-order valence-electron chi connectivity index (χ0n) is 11.1. The minimum atomic E-state index is 0.167. The molecule has 1 saturated carbocycles. The van der Waals surface area contributed by atoms with Crippen molar-refractivity contribution in [1.82, 2.24) is 9.97 Å². The maximum absolute atomic E-state index is 8.78. The standard InChI is InChI=1S/C13H19N5O/c1-19-9-13(4-2-3-5-13)8-17-12-16-7-10(6-14)11(15)18-12/h7H,2-5,8-9H2,1H3,(H3,15,16,17,18). The molecular formula is C13H19N5O. The molecule has 6 nitrogen and oxygen atoms in total. The Bertz CT molecular complexity index is 476. The Balaban J connectivity index is 2.01. The summed E-state index contributed by atoms with van der Waals surface area (Å²) in [5, 5.41) is 12.0. The quantitative estimate of drug-likeness (QED) is 0.834. The number of methoxy groups -OCH3 is 1. The van der Waals surface area contributed by atoms with E-state index in [0.717, 1.165) is 26.0 Å². The molecule has 0 radical (unpaired) electrons. The van der Waals surface area contributed by atoms with Gasteiger partial charge in [0.25, 0.3) is 0 Å². The summed E-state index contributed by atoms with van der Waals surface area (Å²) in [5.41, 5.74) is 6.14. The number of nitrogens with two attached hydrogens (primary N) is 1. The van der Waals surface area contributed by atoms with Gasteiger partial charge in [-0.2, -0.15) is 10.2 Å². The number of anilines is 2. The molecule has 19 heavy (non-hydrogen) atoms. The Morgan fingerprint density at radius 3 is 2.84 bits per heavy atom. The van der Waals surface area contributed by atoms with E-state index in [4.69, 9.17) is 15.7 Å². The van der Waals surface area contributed by atoms with E-state index in [9.17, 15) is 0 Å². The zero-order chi connectivity index (χ0) is 13.7. The maximum atomic E-state index is 8.78. The van der Waals surface area contributed by atoms with E-state index in [1.165, 1.54) is 19.0 Å². The van der Waals surface area contributed by atoms with Gasteiger partial charge < -0.3 is 15.8 Å². The van der Waals surface area contributed by atoms with Crippen LogP contribution in [0.1, 0.15) is 31.2 Å². The Hall–Kier alpha value is -1.87. The first-order valence-corrected chi connectivity index (χ1v) is 6.44. The van der Waals surface area contributed by atoms with Crippen molar-refractivity contribution in [3.63, 3.8) is 0 Å². The molecule has 0 unspecified atom stereocenters. The predicted octanol–water partition coefficient (Wildman–Crippen LogP) is 1.55. The second kappa shape index (κ2) is 5.85. The lowest BCUT2D eigenvalue weighted by Gasteiger charge is -2.28. The summed E-state index contributed by atoms with van der Waals surface area (Å²) >= 11 is 0. The van der Waals surface area contributed by atoms with Crippen LogP contribution in [-0.2, 0) is 4.74 Å². The van der Waals surface area contributed by atoms with Gasteiger partial charge in [0.05, 0.1) is 12.8 Å². The molecule has 0 aliphatic heterocycles. The van der Waals surface area contributed by atoms with E-state index in [2.05, 4.69) is 15.3 Å². The van der Waals surface area contributed by atoms with Gasteiger partial charge in [0.15, 0.2) is 0 Å². The molecule has 6 heteroatoms. The smallest absolute Gasteiger partial charge is 0.224 e. The number of hydrogen-bond donors (Lipinski definition) is 2. The van der Waals surface area contributed by atoms with Crippen LogP contribution < -0.4 is 11.1 Å². The van der Waals surface area contributed by atoms with Crippen LogP contribution >= 0.6 is 0 Å². The number of hydrogen-bond acceptors (Lipinski definition) is 6. The Morgan fingerprint density at radius 1 is 1.53 bits per heavy atom. The highest BCUT2D eigenvalue weighted by Gasteiger charge is 2.33. The highest BCUT2D eigenvalue weighted by atomic mass is 16.5. The highest BCUT2D eigenvalue weighted by Crippen LogP contribution is 2.38. The number of aromatic nitrogens is 2. The second-order valence-electron chi connectivity index (χ2n) is 5.10. The molecule has 102 valence electrons. The SMILES string of the molecule is COCC1(CNc2ncc(C#N)c(N)n2)CCCC1. The van der Waals surface area contributed by atoms with Crippen LogP contribution in [0.3, 0.4) is 0 Å². The Morgan fingerprint density at radius 2 is 2.26 bits per heavy atom. The molecule has 0 bridgehead atoms. The normalized spacial score (nSPS) is 17.1. The average molecular weight is 261 g/mol. The molecule has 0 amide bonds. The van der Waals surface area contributed by atoms with E-state index in [1.807, 2.05) is 6.07 Å². The molecule has 1 aliphatic rings. The molecule has 1 aromatic heterocycles. The van der Waals surface area contributed by atoms with E-state index in [-0.39, 0.29) is 11.2 Å². The molecule has 1 aromatic rings. The van der Waals surface area contributed by atoms with Crippen molar-refractivity contribution in [1.29, 1.82) is 5.26 Å². The number of nitrogens with zero attached hydrogens (tertiary/aromatic N) is 3. The fourth-order valence-electron chi connectivity index (χ4n) is 2.64. The van der Waals surface area contributed by atoms with Crippen LogP contribution in [0.5, 0.6) is 0 Å². The lowest BCUT2D eigenvalue weighted by Crippen LogP contribution is -2.32. The summed E-state index contributed by atoms with van der Waals surface area (Å²) in [7, 11) is 1.73. The van der Waals surface area contributed by atoms with Gasteiger partial charge >= 0.3 is 0 Å². The average Bonchev–Trinajstić information content (AvgIpc) is 2.86. The van der Waals surface area contributed by atoms with Crippen LogP contribution in [0, 0.1) is 16.7 Å². The van der Waals surface area contributed by atoms with Gasteiger partial charge in [-0.15, -0.1) is 0 Å². The van der Waals surface area contributed by atoms with E-state index in [0.29, 0.717) is 11.5 Å². The molecule has 2 rings (SSSR count). The van der Waals surface area contributed by atoms with Gasteiger partial charge in [-0.1, -0.05) is 12.8 Å². The van der Waals surface area contributed by atoms with Crippen molar-refractivity contribution >= 4 is 11.8 Å². The number of ether oxygens (including phenoxy) is 1. The second-order valence-corrected chi connectivity index (χ2v) is 5.10. The van der Waals surface area contributed by atoms with Crippen LogP contribution in [0.15, 0.2) is 6.20 Å². The molecule has 1 aliphatic carbocycles. The molecule has 1 fully saturated rings. The number of nitriles is 1. The van der Waals surface area contributed by atoms with Crippen LogP contribution in [0.25, 0.3) is 0 Å². The lowest BCUT2D eigenvalue weighted by atomic mass is 9.87. The largest absolute Gasteiger partial charge is 0.384 e. The molecule has 1 heterocycles. The van der Waals surface area contributed by atoms with Crippen LogP contribution in [-0.4, -0.2) is 30.2 Å². The fraction of sp³-hybridized carbons (Fsp3) is 0.615. The third kappa shape index (κ3) is 3.12. The first-order valence-electron chi connectivity index (χ1n) is 6.44. The first-order chi connectivity index (χ1) is 9.19. The van der Waals surface area contributed by atoms with Gasteiger partial charge in [0.2, 0.25) is 5.95 Å². The summed E-state index contributed by atoms with van der Waals surface area (Å²) in [6, 6.07) is 1.95. The molecule has 0 atom stereocenters. The van der Waals surface area contributed by atoms with Crippen molar-refractivity contribution in [3.8, 4) is 6.07 Å². The first kappa shape index (κ1) is 13.6. The third-order valence-electron chi connectivity index (χ3n) is 3.67. The van der Waals surface area contributed by atoms with Crippen molar-refractivity contribution in [2.24, 2.45) is 5.41 Å². The predicted molar refractivity (Wildman–Crippen MR) is 72.4 cm³/mol. The van der Waals surface area contributed by atoms with Gasteiger partial charge in [-0.3, -0.25) is 0 Å². The van der Waals surface area contributed by atoms with Crippen molar-refractivity contribution in [2.75, 3.05) is 31.3 Å². The van der Waals surface area contributed by atoms with E-state index >= 15 is 0 Å². The molecular weight excluding hydrogens is 242 g/mol.